The van der Waals surface area contributed by atoms with Crippen LogP contribution < -0.4 is 5.32 Å². The molecule has 0 radical (unpaired) electrons. The van der Waals surface area contributed by atoms with Gasteiger partial charge in [-0.15, -0.1) is 0 Å². The van der Waals surface area contributed by atoms with Crippen LogP contribution in [0.15, 0.2) is 48.5 Å². The topological polar surface area (TPSA) is 120 Å². The fourth-order valence-corrected chi connectivity index (χ4v) is 3.57. The number of aliphatic hydroxyl groups is 1. The first-order valence-electron chi connectivity index (χ1n) is 11.9. The van der Waals surface area contributed by atoms with Gasteiger partial charge >= 0.3 is 18.0 Å². The van der Waals surface area contributed by atoms with Gasteiger partial charge in [-0.2, -0.15) is 0 Å². The van der Waals surface area contributed by atoms with Gasteiger partial charge in [-0.05, 0) is 69.4 Å². The zero-order valence-electron chi connectivity index (χ0n) is 21.5. The molecule has 37 heavy (non-hydrogen) atoms. The summed E-state index contributed by atoms with van der Waals surface area (Å²) in [6.45, 7) is 6.24. The average Bonchev–Trinajstić information content (AvgIpc) is 2.81. The predicted octanol–water partition coefficient (Wildman–Crippen LogP) is 4.27. The Morgan fingerprint density at radius 2 is 1.73 bits per heavy atom. The van der Waals surface area contributed by atoms with Crippen molar-refractivity contribution in [1.82, 2.24) is 5.32 Å². The lowest BCUT2D eigenvalue weighted by Gasteiger charge is -2.23. The summed E-state index contributed by atoms with van der Waals surface area (Å²) in [5.74, 6) is -1.92. The average molecular weight is 536 g/mol. The Hall–Kier alpha value is -3.14. The molecule has 202 valence electrons. The molecule has 0 aliphatic heterocycles. The number of carbonyl (C=O) groups is 3. The maximum Gasteiger partial charge on any atom is 0.510 e. The number of ether oxygens (including phenoxy) is 4. The van der Waals surface area contributed by atoms with Gasteiger partial charge in [0.2, 0.25) is 0 Å². The van der Waals surface area contributed by atoms with E-state index in [4.69, 9.17) is 25.8 Å². The Bertz CT molecular complexity index is 1040. The third-order valence-electron chi connectivity index (χ3n) is 4.90. The fraction of sp³-hybridized carbons (Fsp3) is 0.444. The van der Waals surface area contributed by atoms with Gasteiger partial charge in [-0.1, -0.05) is 48.0 Å². The number of halogens is 1. The number of rotatable bonds is 11. The molecule has 2 N–H and O–H groups in total. The van der Waals surface area contributed by atoms with Crippen LogP contribution in [-0.2, 0) is 35.0 Å². The molecule has 0 aromatic heterocycles. The SMILES string of the molecule is CCOC(=O)OCOCC(O)CC(Cc1ccc(-c2cccc(Cl)c2)cc1)NC(=O)C(=O)OC(C)(C)C. The highest BCUT2D eigenvalue weighted by molar-refractivity contribution is 6.32. The summed E-state index contributed by atoms with van der Waals surface area (Å²) in [5.41, 5.74) is 1.98. The van der Waals surface area contributed by atoms with Crippen molar-refractivity contribution in [1.29, 1.82) is 0 Å². The van der Waals surface area contributed by atoms with Gasteiger partial charge < -0.3 is 29.4 Å². The molecule has 1 amide bonds. The lowest BCUT2D eigenvalue weighted by atomic mass is 9.98. The van der Waals surface area contributed by atoms with Gasteiger partial charge in [-0.3, -0.25) is 4.79 Å². The molecule has 0 saturated heterocycles. The van der Waals surface area contributed by atoms with Gasteiger partial charge in [-0.25, -0.2) is 9.59 Å². The van der Waals surface area contributed by atoms with E-state index in [1.54, 1.807) is 33.8 Å². The first-order valence-corrected chi connectivity index (χ1v) is 12.3. The van der Waals surface area contributed by atoms with Crippen LogP contribution in [0, 0.1) is 0 Å². The minimum atomic E-state index is -1.01. The molecule has 0 spiro atoms. The third kappa shape index (κ3) is 11.6. The monoisotopic (exact) mass is 535 g/mol. The number of esters is 1. The highest BCUT2D eigenvalue weighted by Gasteiger charge is 2.26. The van der Waals surface area contributed by atoms with Crippen LogP contribution >= 0.6 is 11.6 Å². The summed E-state index contributed by atoms with van der Waals surface area (Å²) in [7, 11) is 0. The maximum absolute atomic E-state index is 12.5. The Morgan fingerprint density at radius 1 is 1.03 bits per heavy atom. The Morgan fingerprint density at radius 3 is 2.35 bits per heavy atom. The summed E-state index contributed by atoms with van der Waals surface area (Å²) in [6, 6.07) is 14.5. The van der Waals surface area contributed by atoms with E-state index in [2.05, 4.69) is 10.1 Å². The van der Waals surface area contributed by atoms with Crippen LogP contribution in [0.4, 0.5) is 4.79 Å². The zero-order chi connectivity index (χ0) is 27.4. The largest absolute Gasteiger partial charge is 0.510 e. The van der Waals surface area contributed by atoms with Crippen molar-refractivity contribution in [2.75, 3.05) is 20.0 Å². The van der Waals surface area contributed by atoms with E-state index >= 15 is 0 Å². The Kier molecular flexibility index (Phi) is 11.8. The standard InChI is InChI=1S/C27H34ClNO8/c1-5-35-26(33)36-17-34-16-23(30)15-22(29-24(31)25(32)37-27(2,3)4)13-18-9-11-19(12-10-18)20-7-6-8-21(28)14-20/h6-12,14,22-23,30H,5,13,15-17H2,1-4H3,(H,29,31). The van der Waals surface area contributed by atoms with Crippen molar-refractivity contribution in [2.24, 2.45) is 0 Å². The van der Waals surface area contributed by atoms with E-state index in [0.717, 1.165) is 16.7 Å². The van der Waals surface area contributed by atoms with E-state index in [0.29, 0.717) is 11.4 Å². The minimum absolute atomic E-state index is 0.0734. The number of benzene rings is 2. The first-order chi connectivity index (χ1) is 17.5. The quantitative estimate of drug-likeness (QED) is 0.189. The Balaban J connectivity index is 2.04. The van der Waals surface area contributed by atoms with Crippen molar-refractivity contribution in [3.63, 3.8) is 0 Å². The molecular weight excluding hydrogens is 502 g/mol. The van der Waals surface area contributed by atoms with Crippen molar-refractivity contribution < 1.29 is 38.4 Å². The molecular formula is C27H34ClNO8. The molecule has 9 nitrogen and oxygen atoms in total. The smallest absolute Gasteiger partial charge is 0.453 e. The van der Waals surface area contributed by atoms with Crippen molar-refractivity contribution >= 4 is 29.6 Å². The van der Waals surface area contributed by atoms with E-state index < -0.39 is 42.6 Å². The van der Waals surface area contributed by atoms with Crippen molar-refractivity contribution in [3.8, 4) is 11.1 Å². The number of carbonyl (C=O) groups excluding carboxylic acids is 3. The number of amides is 1. The number of hydrogen-bond donors (Lipinski definition) is 2. The van der Waals surface area contributed by atoms with Crippen molar-refractivity contribution in [3.05, 3.63) is 59.1 Å². The van der Waals surface area contributed by atoms with Crippen LogP contribution in [0.3, 0.4) is 0 Å². The third-order valence-corrected chi connectivity index (χ3v) is 5.14. The summed E-state index contributed by atoms with van der Waals surface area (Å²) in [4.78, 5) is 35.9. The molecule has 2 rings (SSSR count). The highest BCUT2D eigenvalue weighted by atomic mass is 35.5. The van der Waals surface area contributed by atoms with Gasteiger partial charge in [0, 0.05) is 11.1 Å². The summed E-state index contributed by atoms with van der Waals surface area (Å²) in [6.07, 6.45) is -1.48. The molecule has 10 heteroatoms. The molecule has 0 saturated carbocycles. The van der Waals surface area contributed by atoms with E-state index in [1.807, 2.05) is 42.5 Å². The maximum atomic E-state index is 12.5. The van der Waals surface area contributed by atoms with Gasteiger partial charge in [0.15, 0.2) is 6.79 Å². The van der Waals surface area contributed by atoms with Gasteiger partial charge in [0.05, 0.1) is 19.3 Å². The molecule has 0 aliphatic rings. The van der Waals surface area contributed by atoms with Crippen LogP contribution in [0.2, 0.25) is 5.02 Å². The zero-order valence-corrected chi connectivity index (χ0v) is 22.2. The van der Waals surface area contributed by atoms with Crippen LogP contribution in [-0.4, -0.2) is 60.9 Å². The fourth-order valence-electron chi connectivity index (χ4n) is 3.38. The summed E-state index contributed by atoms with van der Waals surface area (Å²) in [5, 5.41) is 13.7. The van der Waals surface area contributed by atoms with Gasteiger partial charge in [0.25, 0.3) is 0 Å². The second-order valence-corrected chi connectivity index (χ2v) is 9.73. The van der Waals surface area contributed by atoms with Crippen molar-refractivity contribution in [2.45, 2.75) is 58.3 Å². The summed E-state index contributed by atoms with van der Waals surface area (Å²) >= 11 is 6.09. The number of aliphatic hydroxyl groups excluding tert-OH is 1. The van der Waals surface area contributed by atoms with Crippen LogP contribution in [0.1, 0.15) is 39.7 Å². The second-order valence-electron chi connectivity index (χ2n) is 9.29. The molecule has 2 aromatic rings. The van der Waals surface area contributed by atoms with E-state index in [1.165, 1.54) is 0 Å². The van der Waals surface area contributed by atoms with Crippen LogP contribution in [0.25, 0.3) is 11.1 Å². The summed E-state index contributed by atoms with van der Waals surface area (Å²) < 4.78 is 19.6. The molecule has 0 fully saturated rings. The molecule has 0 bridgehead atoms. The second kappa shape index (κ2) is 14.6. The van der Waals surface area contributed by atoms with E-state index in [-0.39, 0.29) is 19.6 Å². The number of nitrogens with one attached hydrogen (secondary N) is 1. The van der Waals surface area contributed by atoms with E-state index in [9.17, 15) is 19.5 Å². The Labute approximate surface area is 222 Å². The predicted molar refractivity (Wildman–Crippen MR) is 138 cm³/mol. The normalized spacial score (nSPS) is 12.8. The molecule has 2 atom stereocenters. The first kappa shape index (κ1) is 30.1. The van der Waals surface area contributed by atoms with Gasteiger partial charge in [0.1, 0.15) is 5.60 Å². The minimum Gasteiger partial charge on any atom is -0.453 e. The highest BCUT2D eigenvalue weighted by Crippen LogP contribution is 2.23. The molecule has 0 heterocycles. The lowest BCUT2D eigenvalue weighted by molar-refractivity contribution is -0.163. The number of hydrogen-bond acceptors (Lipinski definition) is 8. The van der Waals surface area contributed by atoms with Crippen LogP contribution in [0.5, 0.6) is 0 Å². The lowest BCUT2D eigenvalue weighted by Crippen LogP contribution is -2.45. The molecule has 0 aliphatic carbocycles. The molecule has 2 aromatic carbocycles. The molecule has 2 unspecified atom stereocenters.